The Labute approximate surface area is 217 Å². The summed E-state index contributed by atoms with van der Waals surface area (Å²) in [6.45, 7) is -0.259. The van der Waals surface area contributed by atoms with Crippen LogP contribution >= 0.6 is 0 Å². The number of benzene rings is 1. The maximum absolute atomic E-state index is 14.8. The second kappa shape index (κ2) is 10.0. The van der Waals surface area contributed by atoms with Crippen LogP contribution in [0.25, 0.3) is 11.1 Å². The van der Waals surface area contributed by atoms with Gasteiger partial charge in [0.05, 0.1) is 23.9 Å². The minimum atomic E-state index is -4.94. The number of alkyl halides is 6. The molecular weight excluding hydrogens is 532 g/mol. The number of rotatable bonds is 8. The summed E-state index contributed by atoms with van der Waals surface area (Å²) in [4.78, 5) is 13.3. The van der Waals surface area contributed by atoms with E-state index in [0.717, 1.165) is 31.4 Å². The number of halogens is 6. The summed E-state index contributed by atoms with van der Waals surface area (Å²) in [5.74, 6) is -1.12. The van der Waals surface area contributed by atoms with E-state index in [1.807, 2.05) is 0 Å². The van der Waals surface area contributed by atoms with Crippen LogP contribution in [-0.4, -0.2) is 55.3 Å². The van der Waals surface area contributed by atoms with Gasteiger partial charge >= 0.3 is 12.4 Å². The van der Waals surface area contributed by atoms with Crippen molar-refractivity contribution in [3.63, 3.8) is 0 Å². The Bertz CT molecular complexity index is 1340. The monoisotopic (exact) mass is 555 g/mol. The fourth-order valence-corrected chi connectivity index (χ4v) is 4.67. The molecule has 5 rings (SSSR count). The number of aromatic amines is 1. The first-order valence-electron chi connectivity index (χ1n) is 12.2. The van der Waals surface area contributed by atoms with Crippen molar-refractivity contribution < 1.29 is 35.9 Å². The number of nitrogens with zero attached hydrogens (tertiary/aromatic N) is 5. The molecule has 9 nitrogen and oxygen atoms in total. The van der Waals surface area contributed by atoms with E-state index in [9.17, 15) is 31.1 Å². The average Bonchev–Trinajstić information content (AvgIpc) is 3.52. The Hall–Kier alpha value is -3.91. The molecule has 1 aliphatic heterocycles. The van der Waals surface area contributed by atoms with Gasteiger partial charge in [-0.15, -0.1) is 10.2 Å². The molecular formula is C24H23F6N7O2. The fraction of sp³-hybridized carbons (Fsp3) is 0.458. The summed E-state index contributed by atoms with van der Waals surface area (Å²) >= 11 is 0. The van der Waals surface area contributed by atoms with Crippen LogP contribution in [0, 0.1) is 0 Å². The van der Waals surface area contributed by atoms with E-state index in [1.54, 1.807) is 16.9 Å². The third-order valence-corrected chi connectivity index (χ3v) is 6.94. The second-order valence-electron chi connectivity index (χ2n) is 9.48. The largest absolute Gasteiger partial charge is 0.494 e. The Kier molecular flexibility index (Phi) is 6.84. The summed E-state index contributed by atoms with van der Waals surface area (Å²) in [6.07, 6.45) is -6.82. The number of tetrazole rings is 1. The highest BCUT2D eigenvalue weighted by Gasteiger charge is 2.60. The van der Waals surface area contributed by atoms with E-state index in [0.29, 0.717) is 0 Å². The average molecular weight is 555 g/mol. The van der Waals surface area contributed by atoms with Gasteiger partial charge in [0, 0.05) is 19.0 Å². The molecule has 0 radical (unpaired) electrons. The van der Waals surface area contributed by atoms with Crippen molar-refractivity contribution in [2.75, 3.05) is 6.61 Å². The first kappa shape index (κ1) is 26.7. The van der Waals surface area contributed by atoms with Crippen molar-refractivity contribution in [3.05, 3.63) is 53.6 Å². The van der Waals surface area contributed by atoms with Crippen molar-refractivity contribution >= 4 is 17.1 Å². The molecule has 39 heavy (non-hydrogen) atoms. The normalized spacial score (nSPS) is 20.6. The number of ether oxygens (including phenoxy) is 1. The second-order valence-corrected chi connectivity index (χ2v) is 9.48. The number of hydrogen-bond acceptors (Lipinski definition) is 6. The lowest BCUT2D eigenvalue weighted by Gasteiger charge is -2.41. The lowest BCUT2D eigenvalue weighted by Crippen LogP contribution is -2.58. The van der Waals surface area contributed by atoms with Gasteiger partial charge in [-0.1, -0.05) is 12.1 Å². The van der Waals surface area contributed by atoms with Gasteiger partial charge < -0.3 is 10.1 Å². The maximum atomic E-state index is 14.8. The van der Waals surface area contributed by atoms with Crippen molar-refractivity contribution in [1.29, 1.82) is 0 Å². The van der Waals surface area contributed by atoms with Gasteiger partial charge in [-0.3, -0.25) is 9.48 Å². The third-order valence-electron chi connectivity index (χ3n) is 6.94. The summed E-state index contributed by atoms with van der Waals surface area (Å²) in [5, 5.41) is 19.9. The SMILES string of the molecule is O=C1N[C@@](c2ccc(OCCCC(F)(F)F)cc2)(C(F)(F)F)CC(c2ccn(C3CCC3)n2)=C1c1nn[nH]n1. The van der Waals surface area contributed by atoms with Gasteiger partial charge in [-0.25, -0.2) is 0 Å². The van der Waals surface area contributed by atoms with Crippen LogP contribution in [-0.2, 0) is 10.3 Å². The van der Waals surface area contributed by atoms with Gasteiger partial charge in [-0.05, 0) is 60.2 Å². The summed E-state index contributed by atoms with van der Waals surface area (Å²) in [7, 11) is 0. The van der Waals surface area contributed by atoms with Gasteiger partial charge in [0.15, 0.2) is 5.54 Å². The van der Waals surface area contributed by atoms with Crippen molar-refractivity contribution in [1.82, 2.24) is 35.7 Å². The Balaban J connectivity index is 1.49. The van der Waals surface area contributed by atoms with Crippen LogP contribution in [0.3, 0.4) is 0 Å². The number of aromatic nitrogens is 6. The molecule has 1 aliphatic carbocycles. The highest BCUT2D eigenvalue weighted by atomic mass is 19.4. The fourth-order valence-electron chi connectivity index (χ4n) is 4.67. The molecule has 2 aromatic heterocycles. The van der Waals surface area contributed by atoms with E-state index >= 15 is 0 Å². The van der Waals surface area contributed by atoms with Crippen LogP contribution in [0.4, 0.5) is 26.3 Å². The van der Waals surface area contributed by atoms with Gasteiger partial charge in [0.25, 0.3) is 5.91 Å². The third kappa shape index (κ3) is 5.34. The molecule has 1 fully saturated rings. The van der Waals surface area contributed by atoms with E-state index in [-0.39, 0.29) is 53.0 Å². The molecule has 1 aromatic carbocycles. The molecule has 0 spiro atoms. The predicted octanol–water partition coefficient (Wildman–Crippen LogP) is 4.73. The number of carbonyl (C=O) groups excluding carboxylic acids is 1. The zero-order valence-corrected chi connectivity index (χ0v) is 20.3. The van der Waals surface area contributed by atoms with Crippen LogP contribution in [0.15, 0.2) is 36.5 Å². The lowest BCUT2D eigenvalue weighted by molar-refractivity contribution is -0.201. The Morgan fingerprint density at radius 2 is 1.82 bits per heavy atom. The zero-order chi connectivity index (χ0) is 27.8. The number of amides is 1. The first-order valence-corrected chi connectivity index (χ1v) is 12.2. The van der Waals surface area contributed by atoms with Crippen LogP contribution in [0.2, 0.25) is 0 Å². The van der Waals surface area contributed by atoms with Gasteiger partial charge in [0.2, 0.25) is 5.82 Å². The number of hydrogen-bond donors (Lipinski definition) is 2. The van der Waals surface area contributed by atoms with Crippen LogP contribution in [0.5, 0.6) is 5.75 Å². The molecule has 1 amide bonds. The van der Waals surface area contributed by atoms with Gasteiger partial charge in [-0.2, -0.15) is 36.7 Å². The highest BCUT2D eigenvalue weighted by Crippen LogP contribution is 2.49. The van der Waals surface area contributed by atoms with E-state index < -0.39 is 36.6 Å². The maximum Gasteiger partial charge on any atom is 0.416 e. The smallest absolute Gasteiger partial charge is 0.416 e. The molecule has 0 saturated heterocycles. The van der Waals surface area contributed by atoms with Crippen molar-refractivity contribution in [2.45, 2.75) is 62.5 Å². The number of H-pyrrole nitrogens is 1. The lowest BCUT2D eigenvalue weighted by atomic mass is 9.77. The van der Waals surface area contributed by atoms with E-state index in [1.165, 1.54) is 12.1 Å². The Morgan fingerprint density at radius 3 is 2.41 bits per heavy atom. The standard InChI is InChI=1S/C24H23F6N7O2/c25-23(26,27)10-2-12-39-16-7-5-14(6-8-16)22(24(28,29)30)13-17(18-9-11-37(34-18)15-3-1-4-15)19(21(38)31-22)20-32-35-36-33-20/h5-9,11,15H,1-4,10,12-13H2,(H,31,38)(H,32,33,35,36)/t22-/m0/s1. The van der Waals surface area contributed by atoms with Crippen LogP contribution in [0.1, 0.15) is 61.6 Å². The van der Waals surface area contributed by atoms with Crippen LogP contribution < -0.4 is 10.1 Å². The number of nitrogens with one attached hydrogen (secondary N) is 2. The molecule has 1 saturated carbocycles. The molecule has 1 atom stereocenters. The molecule has 3 heterocycles. The number of carbonyl (C=O) groups is 1. The topological polar surface area (TPSA) is 111 Å². The predicted molar refractivity (Wildman–Crippen MR) is 124 cm³/mol. The summed E-state index contributed by atoms with van der Waals surface area (Å²) < 4.78 is 88.4. The van der Waals surface area contributed by atoms with E-state index in [2.05, 4.69) is 31.0 Å². The molecule has 3 aromatic rings. The molecule has 15 heteroatoms. The van der Waals surface area contributed by atoms with Crippen molar-refractivity contribution in [3.8, 4) is 5.75 Å². The molecule has 0 bridgehead atoms. The molecule has 208 valence electrons. The summed E-state index contributed by atoms with van der Waals surface area (Å²) in [6, 6.07) is 6.43. The summed E-state index contributed by atoms with van der Waals surface area (Å²) in [5.41, 5.74) is -3.10. The minimum absolute atomic E-state index is 0.00280. The Morgan fingerprint density at radius 1 is 1.08 bits per heavy atom. The van der Waals surface area contributed by atoms with Gasteiger partial charge in [0.1, 0.15) is 5.75 Å². The molecule has 2 N–H and O–H groups in total. The first-order chi connectivity index (χ1) is 18.5. The molecule has 0 unspecified atom stereocenters. The quantitative estimate of drug-likeness (QED) is 0.307. The zero-order valence-electron chi connectivity index (χ0n) is 20.3. The molecule has 2 aliphatic rings. The highest BCUT2D eigenvalue weighted by molar-refractivity contribution is 6.27. The minimum Gasteiger partial charge on any atom is -0.494 e. The van der Waals surface area contributed by atoms with E-state index in [4.69, 9.17) is 4.74 Å². The van der Waals surface area contributed by atoms with Crippen molar-refractivity contribution in [2.24, 2.45) is 0 Å².